The van der Waals surface area contributed by atoms with Crippen molar-refractivity contribution in [1.82, 2.24) is 20.4 Å². The van der Waals surface area contributed by atoms with Crippen LogP contribution in [0.3, 0.4) is 0 Å². The van der Waals surface area contributed by atoms with E-state index in [4.69, 9.17) is 9.47 Å². The number of piperidine rings is 1. The number of methoxy groups -OCH3 is 2. The predicted octanol–water partition coefficient (Wildman–Crippen LogP) is 4.04. The third-order valence-corrected chi connectivity index (χ3v) is 7.70. The van der Waals surface area contributed by atoms with E-state index in [1.807, 2.05) is 18.2 Å². The largest absolute Gasteiger partial charge is 0.466 e. The molecule has 2 heterocycles. The Morgan fingerprint density at radius 1 is 1.02 bits per heavy atom. The number of nitrogens with one attached hydrogen (secondary N) is 3. The van der Waals surface area contributed by atoms with Gasteiger partial charge in [-0.1, -0.05) is 18.2 Å². The number of urea groups is 2. The van der Waals surface area contributed by atoms with Crippen LogP contribution in [-0.4, -0.2) is 80.7 Å². The molecule has 2 aromatic rings. The molecule has 3 N–H and O–H groups in total. The summed E-state index contributed by atoms with van der Waals surface area (Å²) < 4.78 is 38.0. The molecule has 0 saturated carbocycles. The average molecular weight is 614 g/mol. The monoisotopic (exact) mass is 613 g/mol. The van der Waals surface area contributed by atoms with Gasteiger partial charge in [-0.05, 0) is 80.2 Å². The van der Waals surface area contributed by atoms with Crippen LogP contribution < -0.4 is 16.0 Å². The van der Waals surface area contributed by atoms with Crippen LogP contribution in [0, 0.1) is 11.6 Å². The van der Waals surface area contributed by atoms with Gasteiger partial charge in [-0.3, -0.25) is 4.79 Å². The van der Waals surface area contributed by atoms with Crippen LogP contribution in [0.25, 0.3) is 0 Å². The number of carbonyl (C=O) groups is 4. The summed E-state index contributed by atoms with van der Waals surface area (Å²) in [5, 5.41) is 8.04. The third kappa shape index (κ3) is 7.77. The number of amides is 5. The van der Waals surface area contributed by atoms with Gasteiger partial charge in [0.1, 0.15) is 6.04 Å². The number of carbonyl (C=O) groups excluding carboxylic acids is 4. The lowest BCUT2D eigenvalue weighted by molar-refractivity contribution is -0.137. The minimum Gasteiger partial charge on any atom is -0.466 e. The van der Waals surface area contributed by atoms with Crippen molar-refractivity contribution >= 4 is 29.6 Å². The van der Waals surface area contributed by atoms with E-state index in [2.05, 4.69) is 26.9 Å². The third-order valence-electron chi connectivity index (χ3n) is 7.70. The lowest BCUT2D eigenvalue weighted by Crippen LogP contribution is -2.55. The summed E-state index contributed by atoms with van der Waals surface area (Å²) in [6, 6.07) is 7.74. The Balaban J connectivity index is 1.38. The van der Waals surface area contributed by atoms with E-state index in [0.29, 0.717) is 18.9 Å². The van der Waals surface area contributed by atoms with Crippen LogP contribution in [0.1, 0.15) is 49.3 Å². The predicted molar refractivity (Wildman–Crippen MR) is 158 cm³/mol. The standard InChI is InChI=1S/C31H37F2N5O6/c1-19(39)35-23-7-4-6-21(16-23)20-10-14-37(15-11-20)13-5-12-34-30(41)38-28(22-8-9-24(32)25(33)17-22)27(29(40)44-3)26(18-43-2)36-31(38)42/h4,6-9,16-17,20,28H,5,10-15,18H2,1-3H3,(H,34,41)(H,35,39)(H,36,42). The summed E-state index contributed by atoms with van der Waals surface area (Å²) in [5.41, 5.74) is 1.89. The number of esters is 1. The molecule has 2 aromatic carbocycles. The molecule has 11 nitrogen and oxygen atoms in total. The maximum atomic E-state index is 14.3. The molecule has 1 saturated heterocycles. The first kappa shape index (κ1) is 32.6. The molecule has 2 aliphatic heterocycles. The van der Waals surface area contributed by atoms with Crippen LogP contribution in [0.4, 0.5) is 24.1 Å². The summed E-state index contributed by atoms with van der Waals surface area (Å²) in [5.74, 6) is -2.91. The van der Waals surface area contributed by atoms with Gasteiger partial charge in [0.2, 0.25) is 5.91 Å². The van der Waals surface area contributed by atoms with Crippen molar-refractivity contribution in [3.05, 3.63) is 76.5 Å². The van der Waals surface area contributed by atoms with Crippen LogP contribution >= 0.6 is 0 Å². The molecule has 0 aromatic heterocycles. The fraction of sp³-hybridized carbons (Fsp3) is 0.419. The van der Waals surface area contributed by atoms with Crippen molar-refractivity contribution in [2.75, 3.05) is 52.3 Å². The van der Waals surface area contributed by atoms with Crippen molar-refractivity contribution in [1.29, 1.82) is 0 Å². The first-order chi connectivity index (χ1) is 21.1. The van der Waals surface area contributed by atoms with E-state index in [1.165, 1.54) is 25.7 Å². The first-order valence-corrected chi connectivity index (χ1v) is 14.4. The van der Waals surface area contributed by atoms with Crippen molar-refractivity contribution < 1.29 is 37.4 Å². The van der Waals surface area contributed by atoms with Crippen LogP contribution in [0.2, 0.25) is 0 Å². The van der Waals surface area contributed by atoms with Gasteiger partial charge in [0.25, 0.3) is 0 Å². The lowest BCUT2D eigenvalue weighted by Gasteiger charge is -2.36. The molecule has 236 valence electrons. The second-order valence-electron chi connectivity index (χ2n) is 10.7. The first-order valence-electron chi connectivity index (χ1n) is 14.4. The SMILES string of the molecule is COCC1=C(C(=O)OC)C(c2ccc(F)c(F)c2)N(C(=O)NCCCN2CCC(c3cccc(NC(C)=O)c3)CC2)C(=O)N1. The molecule has 4 rings (SSSR count). The molecule has 1 fully saturated rings. The molecular formula is C31H37F2N5O6. The highest BCUT2D eigenvalue weighted by molar-refractivity contribution is 6.01. The number of benzene rings is 2. The van der Waals surface area contributed by atoms with Gasteiger partial charge in [-0.25, -0.2) is 28.1 Å². The van der Waals surface area contributed by atoms with E-state index in [9.17, 15) is 28.0 Å². The van der Waals surface area contributed by atoms with Gasteiger partial charge in [0, 0.05) is 26.3 Å². The zero-order valence-electron chi connectivity index (χ0n) is 25.0. The Morgan fingerprint density at radius 3 is 2.43 bits per heavy atom. The highest BCUT2D eigenvalue weighted by Gasteiger charge is 2.43. The number of ether oxygens (including phenoxy) is 2. The van der Waals surface area contributed by atoms with Gasteiger partial charge in [-0.15, -0.1) is 0 Å². The van der Waals surface area contributed by atoms with E-state index in [1.54, 1.807) is 0 Å². The van der Waals surface area contributed by atoms with Gasteiger partial charge in [-0.2, -0.15) is 0 Å². The fourth-order valence-corrected chi connectivity index (χ4v) is 5.63. The molecule has 0 aliphatic carbocycles. The summed E-state index contributed by atoms with van der Waals surface area (Å²) in [7, 11) is 2.49. The Kier molecular flexibility index (Phi) is 11.0. The molecule has 44 heavy (non-hydrogen) atoms. The van der Waals surface area contributed by atoms with Crippen molar-refractivity contribution in [3.8, 4) is 0 Å². The van der Waals surface area contributed by atoms with E-state index < -0.39 is 35.7 Å². The molecule has 0 spiro atoms. The number of hydrogen-bond acceptors (Lipinski definition) is 7. The molecule has 0 radical (unpaired) electrons. The minimum atomic E-state index is -1.39. The van der Waals surface area contributed by atoms with Crippen molar-refractivity contribution in [2.24, 2.45) is 0 Å². The summed E-state index contributed by atoms with van der Waals surface area (Å²) in [6.07, 6.45) is 2.49. The maximum Gasteiger partial charge on any atom is 0.338 e. The maximum absolute atomic E-state index is 14.3. The highest BCUT2D eigenvalue weighted by Crippen LogP contribution is 2.35. The molecule has 1 unspecified atom stereocenters. The normalized spacial score (nSPS) is 17.7. The minimum absolute atomic E-state index is 0.00776. The molecule has 1 atom stereocenters. The number of imide groups is 1. The summed E-state index contributed by atoms with van der Waals surface area (Å²) >= 11 is 0. The zero-order valence-corrected chi connectivity index (χ0v) is 25.0. The number of nitrogens with zero attached hydrogens (tertiary/aromatic N) is 2. The number of likely N-dealkylation sites (tertiary alicyclic amines) is 1. The van der Waals surface area contributed by atoms with Gasteiger partial charge >= 0.3 is 18.0 Å². The number of rotatable bonds is 10. The summed E-state index contributed by atoms with van der Waals surface area (Å²) in [4.78, 5) is 53.8. The van der Waals surface area contributed by atoms with Gasteiger partial charge in [0.05, 0.1) is 25.0 Å². The van der Waals surface area contributed by atoms with Crippen LogP contribution in [-0.2, 0) is 19.1 Å². The summed E-state index contributed by atoms with van der Waals surface area (Å²) in [6.45, 7) is 3.96. The second kappa shape index (κ2) is 14.9. The van der Waals surface area contributed by atoms with Gasteiger partial charge in [0.15, 0.2) is 11.6 Å². The smallest absolute Gasteiger partial charge is 0.338 e. The number of halogens is 2. The van der Waals surface area contributed by atoms with Gasteiger partial charge < -0.3 is 30.3 Å². The second-order valence-corrected chi connectivity index (χ2v) is 10.7. The number of anilines is 1. The van der Waals surface area contributed by atoms with E-state index in [-0.39, 0.29) is 35.9 Å². The molecule has 2 aliphatic rings. The fourth-order valence-electron chi connectivity index (χ4n) is 5.63. The molecular weight excluding hydrogens is 576 g/mol. The van der Waals surface area contributed by atoms with Crippen molar-refractivity contribution in [3.63, 3.8) is 0 Å². The van der Waals surface area contributed by atoms with Crippen LogP contribution in [0.15, 0.2) is 53.7 Å². The quantitative estimate of drug-likeness (QED) is 0.273. The topological polar surface area (TPSA) is 129 Å². The average Bonchev–Trinajstić information content (AvgIpc) is 3.00. The zero-order chi connectivity index (χ0) is 31.8. The molecule has 13 heteroatoms. The molecule has 0 bridgehead atoms. The Morgan fingerprint density at radius 2 is 1.77 bits per heavy atom. The Labute approximate surface area is 254 Å². The lowest BCUT2D eigenvalue weighted by atomic mass is 9.89. The van der Waals surface area contributed by atoms with E-state index in [0.717, 1.165) is 55.8 Å². The highest BCUT2D eigenvalue weighted by atomic mass is 19.2. The Hall–Kier alpha value is -4.36. The molecule has 5 amide bonds. The van der Waals surface area contributed by atoms with E-state index >= 15 is 0 Å². The number of hydrogen-bond donors (Lipinski definition) is 3. The Bertz CT molecular complexity index is 1430. The van der Waals surface area contributed by atoms with Crippen LogP contribution in [0.5, 0.6) is 0 Å². The van der Waals surface area contributed by atoms with Crippen molar-refractivity contribution in [2.45, 2.75) is 38.1 Å².